The third-order valence-corrected chi connectivity index (χ3v) is 5.45. The number of hydrogen-bond donors (Lipinski definition) is 2. The van der Waals surface area contributed by atoms with Crippen LogP contribution in [0.1, 0.15) is 0 Å². The first-order valence-electron chi connectivity index (χ1n) is 9.06. The van der Waals surface area contributed by atoms with Gasteiger partial charge in [-0.15, -0.1) is 0 Å². The molecule has 0 saturated carbocycles. The zero-order chi connectivity index (χ0) is 20.0. The van der Waals surface area contributed by atoms with Gasteiger partial charge in [0.1, 0.15) is 0 Å². The summed E-state index contributed by atoms with van der Waals surface area (Å²) in [4.78, 5) is 3.22. The lowest BCUT2D eigenvalue weighted by atomic mass is 9.96. The average Bonchev–Trinajstić information content (AvgIpc) is 3.34. The first kappa shape index (κ1) is 17.6. The Morgan fingerprint density at radius 2 is 1.72 bits per heavy atom. The fourth-order valence-corrected chi connectivity index (χ4v) is 4.18. The second-order valence-electron chi connectivity index (χ2n) is 6.99. The quantitative estimate of drug-likeness (QED) is 0.519. The van der Waals surface area contributed by atoms with Gasteiger partial charge < -0.3 is 14.5 Å². The average molecular weight is 406 g/mol. The summed E-state index contributed by atoms with van der Waals surface area (Å²) < 4.78 is 37.2. The molecular weight excluding hydrogens is 388 g/mol. The van der Waals surface area contributed by atoms with Gasteiger partial charge in [0, 0.05) is 22.8 Å². The summed E-state index contributed by atoms with van der Waals surface area (Å²) in [6.45, 7) is 0.204. The fourth-order valence-electron chi connectivity index (χ4n) is 3.64. The van der Waals surface area contributed by atoms with E-state index in [4.69, 9.17) is 9.47 Å². The molecule has 0 atom stereocenters. The topological polar surface area (TPSA) is 80.4 Å². The molecule has 146 valence electrons. The number of anilines is 1. The second kappa shape index (κ2) is 6.56. The monoisotopic (exact) mass is 406 g/mol. The summed E-state index contributed by atoms with van der Waals surface area (Å²) in [5.74, 6) is 1.38. The van der Waals surface area contributed by atoms with Gasteiger partial charge in [0.15, 0.2) is 11.5 Å². The summed E-state index contributed by atoms with van der Waals surface area (Å²) >= 11 is 0. The molecule has 5 rings (SSSR count). The van der Waals surface area contributed by atoms with E-state index in [0.29, 0.717) is 17.2 Å². The maximum Gasteiger partial charge on any atom is 0.231 e. The van der Waals surface area contributed by atoms with Crippen molar-refractivity contribution < 1.29 is 17.9 Å². The van der Waals surface area contributed by atoms with E-state index < -0.39 is 10.0 Å². The van der Waals surface area contributed by atoms with Crippen molar-refractivity contribution in [1.29, 1.82) is 0 Å². The van der Waals surface area contributed by atoms with Crippen molar-refractivity contribution >= 4 is 26.6 Å². The number of aromatic nitrogens is 1. The zero-order valence-corrected chi connectivity index (χ0v) is 16.4. The molecule has 3 aromatic carbocycles. The molecule has 1 aromatic heterocycles. The van der Waals surface area contributed by atoms with Crippen LogP contribution >= 0.6 is 0 Å². The third kappa shape index (κ3) is 3.40. The standard InChI is InChI=1S/C22H18N2O4S/c1-29(25,26)24-17-10-15(14-5-6-21-22(12-14)28-13-27-21)9-16(11-17)18-3-2-4-20-19(18)7-8-23-20/h2-12,23-24H,13H2,1H3. The predicted molar refractivity (Wildman–Crippen MR) is 114 cm³/mol. The van der Waals surface area contributed by atoms with Gasteiger partial charge in [0.2, 0.25) is 16.8 Å². The summed E-state index contributed by atoms with van der Waals surface area (Å²) in [5, 5.41) is 1.07. The van der Waals surface area contributed by atoms with E-state index in [2.05, 4.69) is 9.71 Å². The highest BCUT2D eigenvalue weighted by molar-refractivity contribution is 7.92. The van der Waals surface area contributed by atoms with Crippen LogP contribution in [0.3, 0.4) is 0 Å². The largest absolute Gasteiger partial charge is 0.454 e. The van der Waals surface area contributed by atoms with Gasteiger partial charge in [0.05, 0.1) is 6.26 Å². The molecule has 0 amide bonds. The number of nitrogens with one attached hydrogen (secondary N) is 2. The molecule has 2 heterocycles. The van der Waals surface area contributed by atoms with Gasteiger partial charge >= 0.3 is 0 Å². The summed E-state index contributed by atoms with van der Waals surface area (Å²) in [5.41, 5.74) is 5.24. The molecule has 0 spiro atoms. The minimum Gasteiger partial charge on any atom is -0.454 e. The van der Waals surface area contributed by atoms with E-state index in [-0.39, 0.29) is 6.79 Å². The van der Waals surface area contributed by atoms with Crippen molar-refractivity contribution in [1.82, 2.24) is 4.98 Å². The van der Waals surface area contributed by atoms with E-state index in [0.717, 1.165) is 39.4 Å². The molecule has 0 bridgehead atoms. The van der Waals surface area contributed by atoms with Crippen molar-refractivity contribution in [3.63, 3.8) is 0 Å². The van der Waals surface area contributed by atoms with Crippen LogP contribution in [-0.2, 0) is 10.0 Å². The Balaban J connectivity index is 1.70. The number of aromatic amines is 1. The molecule has 4 aromatic rings. The van der Waals surface area contributed by atoms with Crippen LogP contribution in [0.4, 0.5) is 5.69 Å². The Labute approximate surface area is 168 Å². The molecule has 1 aliphatic rings. The molecule has 1 aliphatic heterocycles. The summed E-state index contributed by atoms with van der Waals surface area (Å²) in [6, 6.07) is 19.4. The Morgan fingerprint density at radius 3 is 2.59 bits per heavy atom. The number of rotatable bonds is 4. The van der Waals surface area contributed by atoms with E-state index >= 15 is 0 Å². The number of H-pyrrole nitrogens is 1. The number of hydrogen-bond acceptors (Lipinski definition) is 4. The van der Waals surface area contributed by atoms with Crippen LogP contribution in [0.2, 0.25) is 0 Å². The van der Waals surface area contributed by atoms with Crippen molar-refractivity contribution in [3.8, 4) is 33.8 Å². The lowest BCUT2D eigenvalue weighted by Gasteiger charge is -2.13. The van der Waals surface area contributed by atoms with Crippen LogP contribution in [0.5, 0.6) is 11.5 Å². The number of fused-ring (bicyclic) bond motifs is 2. The highest BCUT2D eigenvalue weighted by atomic mass is 32.2. The maximum atomic E-state index is 11.9. The van der Waals surface area contributed by atoms with Crippen molar-refractivity contribution in [2.24, 2.45) is 0 Å². The first-order chi connectivity index (χ1) is 14.0. The van der Waals surface area contributed by atoms with Gasteiger partial charge in [-0.2, -0.15) is 0 Å². The van der Waals surface area contributed by atoms with E-state index in [9.17, 15) is 8.42 Å². The van der Waals surface area contributed by atoms with Crippen molar-refractivity contribution in [3.05, 3.63) is 66.9 Å². The van der Waals surface area contributed by atoms with Gasteiger partial charge in [-0.1, -0.05) is 18.2 Å². The molecule has 0 saturated heterocycles. The van der Waals surface area contributed by atoms with Crippen LogP contribution in [0.25, 0.3) is 33.2 Å². The Bertz CT molecular complexity index is 1340. The van der Waals surface area contributed by atoms with Crippen LogP contribution in [0.15, 0.2) is 66.9 Å². The molecule has 0 aliphatic carbocycles. The Morgan fingerprint density at radius 1 is 0.897 bits per heavy atom. The van der Waals surface area contributed by atoms with Gasteiger partial charge in [0.25, 0.3) is 0 Å². The minimum atomic E-state index is -3.42. The van der Waals surface area contributed by atoms with Crippen molar-refractivity contribution in [2.45, 2.75) is 0 Å². The number of benzene rings is 3. The van der Waals surface area contributed by atoms with Crippen LogP contribution < -0.4 is 14.2 Å². The third-order valence-electron chi connectivity index (χ3n) is 4.85. The maximum absolute atomic E-state index is 11.9. The fraction of sp³-hybridized carbons (Fsp3) is 0.0909. The number of ether oxygens (including phenoxy) is 2. The second-order valence-corrected chi connectivity index (χ2v) is 8.73. The lowest BCUT2D eigenvalue weighted by Crippen LogP contribution is -2.09. The van der Waals surface area contributed by atoms with E-state index in [1.165, 1.54) is 0 Å². The molecule has 2 N–H and O–H groups in total. The van der Waals surface area contributed by atoms with Crippen molar-refractivity contribution in [2.75, 3.05) is 17.8 Å². The van der Waals surface area contributed by atoms with Gasteiger partial charge in [-0.3, -0.25) is 4.72 Å². The molecule has 0 fully saturated rings. The van der Waals surface area contributed by atoms with E-state index in [1.54, 1.807) is 0 Å². The molecular formula is C22H18N2O4S. The zero-order valence-electron chi connectivity index (χ0n) is 15.6. The molecule has 7 heteroatoms. The number of sulfonamides is 1. The highest BCUT2D eigenvalue weighted by Gasteiger charge is 2.16. The lowest BCUT2D eigenvalue weighted by molar-refractivity contribution is 0.174. The minimum absolute atomic E-state index is 0.204. The van der Waals surface area contributed by atoms with E-state index in [1.807, 2.05) is 66.9 Å². The molecule has 6 nitrogen and oxygen atoms in total. The van der Waals surface area contributed by atoms with Gasteiger partial charge in [-0.25, -0.2) is 8.42 Å². The highest BCUT2D eigenvalue weighted by Crippen LogP contribution is 2.39. The van der Waals surface area contributed by atoms with Crippen LogP contribution in [-0.4, -0.2) is 26.5 Å². The molecule has 0 radical (unpaired) electrons. The molecule has 0 unspecified atom stereocenters. The van der Waals surface area contributed by atoms with Crippen LogP contribution in [0, 0.1) is 0 Å². The summed E-state index contributed by atoms with van der Waals surface area (Å²) in [7, 11) is -3.42. The van der Waals surface area contributed by atoms with Gasteiger partial charge in [-0.05, 0) is 64.7 Å². The molecule has 29 heavy (non-hydrogen) atoms. The normalized spacial score (nSPS) is 13.0. The Hall–Kier alpha value is -3.45. The first-order valence-corrected chi connectivity index (χ1v) is 10.9. The SMILES string of the molecule is CS(=O)(=O)Nc1cc(-c2ccc3c(c2)OCO3)cc(-c2cccc3[nH]ccc23)c1. The summed E-state index contributed by atoms with van der Waals surface area (Å²) in [6.07, 6.45) is 3.04. The smallest absolute Gasteiger partial charge is 0.231 e. The Kier molecular flexibility index (Phi) is 3.99. The predicted octanol–water partition coefficient (Wildman–Crippen LogP) is 4.60.